The molecule has 0 bridgehead atoms. The second-order valence-corrected chi connectivity index (χ2v) is 5.14. The highest BCUT2D eigenvalue weighted by Crippen LogP contribution is 2.31. The Bertz CT molecular complexity index is 580. The van der Waals surface area contributed by atoms with E-state index in [4.69, 9.17) is 5.11 Å². The molecule has 0 amide bonds. The minimum absolute atomic E-state index is 0.372. The molecule has 0 saturated heterocycles. The van der Waals surface area contributed by atoms with E-state index in [1.54, 1.807) is 0 Å². The maximum absolute atomic E-state index is 12.5. The van der Waals surface area contributed by atoms with E-state index in [1.165, 1.54) is 0 Å². The van der Waals surface area contributed by atoms with Gasteiger partial charge in [-0.1, -0.05) is 0 Å². The van der Waals surface area contributed by atoms with Crippen molar-refractivity contribution < 1.29 is 31.5 Å². The van der Waals surface area contributed by atoms with Crippen molar-refractivity contribution in [2.75, 3.05) is 7.05 Å². The van der Waals surface area contributed by atoms with Gasteiger partial charge in [-0.15, -0.1) is 0 Å². The Labute approximate surface area is 100 Å². The second kappa shape index (κ2) is 4.58. The molecule has 0 aliphatic heterocycles. The third kappa shape index (κ3) is 2.99. The number of halogens is 3. The van der Waals surface area contributed by atoms with Crippen molar-refractivity contribution in [3.8, 4) is 0 Å². The van der Waals surface area contributed by atoms with Crippen molar-refractivity contribution in [2.24, 2.45) is 0 Å². The summed E-state index contributed by atoms with van der Waals surface area (Å²) in [5, 5.41) is 8.66. The third-order valence-electron chi connectivity index (χ3n) is 2.06. The molecule has 0 aliphatic rings. The predicted molar refractivity (Wildman–Crippen MR) is 54.6 cm³/mol. The van der Waals surface area contributed by atoms with E-state index in [2.05, 4.69) is 0 Å². The number of rotatable bonds is 3. The van der Waals surface area contributed by atoms with Crippen LogP contribution in [0.5, 0.6) is 0 Å². The maximum atomic E-state index is 12.5. The molecule has 0 aliphatic carbocycles. The number of hydrogen-bond donors (Lipinski definition) is 2. The lowest BCUT2D eigenvalue weighted by Gasteiger charge is -2.10. The zero-order chi connectivity index (χ0) is 14.1. The zero-order valence-electron chi connectivity index (χ0n) is 8.95. The average molecular weight is 283 g/mol. The topological polar surface area (TPSA) is 83.5 Å². The van der Waals surface area contributed by atoms with Crippen LogP contribution in [0, 0.1) is 0 Å². The molecule has 1 aromatic carbocycles. The molecule has 0 unspecified atom stereocenters. The van der Waals surface area contributed by atoms with E-state index in [0.717, 1.165) is 7.05 Å². The van der Waals surface area contributed by atoms with Crippen LogP contribution in [-0.4, -0.2) is 26.5 Å². The molecule has 2 N–H and O–H groups in total. The van der Waals surface area contributed by atoms with Gasteiger partial charge in [0.25, 0.3) is 0 Å². The average Bonchev–Trinajstić information content (AvgIpc) is 2.27. The number of nitrogens with one attached hydrogen (secondary N) is 1. The Morgan fingerprint density at radius 2 is 1.83 bits per heavy atom. The van der Waals surface area contributed by atoms with Crippen LogP contribution in [0.2, 0.25) is 0 Å². The van der Waals surface area contributed by atoms with E-state index < -0.39 is 38.2 Å². The minimum atomic E-state index is -4.83. The summed E-state index contributed by atoms with van der Waals surface area (Å²) in [5.74, 6) is -1.64. The molecular formula is C9H8F3NO4S. The molecule has 0 fully saturated rings. The lowest BCUT2D eigenvalue weighted by molar-refractivity contribution is -0.137. The Morgan fingerprint density at radius 1 is 1.28 bits per heavy atom. The molecule has 0 heterocycles. The smallest absolute Gasteiger partial charge is 0.416 e. The van der Waals surface area contributed by atoms with Crippen LogP contribution in [0.1, 0.15) is 15.9 Å². The highest BCUT2D eigenvalue weighted by atomic mass is 32.2. The Morgan fingerprint density at radius 3 is 2.22 bits per heavy atom. The molecule has 1 aromatic rings. The maximum Gasteiger partial charge on any atom is 0.416 e. The van der Waals surface area contributed by atoms with Crippen molar-refractivity contribution in [2.45, 2.75) is 11.1 Å². The molecule has 0 saturated carbocycles. The summed E-state index contributed by atoms with van der Waals surface area (Å²) < 4.78 is 62.1. The third-order valence-corrected chi connectivity index (χ3v) is 3.45. The van der Waals surface area contributed by atoms with Crippen molar-refractivity contribution in [3.63, 3.8) is 0 Å². The van der Waals surface area contributed by atoms with Crippen LogP contribution in [0.3, 0.4) is 0 Å². The van der Waals surface area contributed by atoms with Crippen LogP contribution in [0.15, 0.2) is 23.1 Å². The van der Waals surface area contributed by atoms with Gasteiger partial charge in [-0.25, -0.2) is 17.9 Å². The molecule has 1 rings (SSSR count). The molecule has 0 spiro atoms. The predicted octanol–water partition coefficient (Wildman–Crippen LogP) is 1.31. The lowest BCUT2D eigenvalue weighted by Crippen LogP contribution is -2.20. The fourth-order valence-corrected chi connectivity index (χ4v) is 1.96. The number of carboxylic acids is 1. The molecule has 5 nitrogen and oxygen atoms in total. The normalized spacial score (nSPS) is 12.4. The number of benzene rings is 1. The van der Waals surface area contributed by atoms with E-state index in [0.29, 0.717) is 18.2 Å². The first-order chi connectivity index (χ1) is 8.08. The highest BCUT2D eigenvalue weighted by molar-refractivity contribution is 7.89. The van der Waals surface area contributed by atoms with Crippen molar-refractivity contribution in [1.29, 1.82) is 0 Å². The van der Waals surface area contributed by atoms with Gasteiger partial charge in [-0.2, -0.15) is 13.2 Å². The summed E-state index contributed by atoms with van der Waals surface area (Å²) in [6, 6.07) is 1.40. The summed E-state index contributed by atoms with van der Waals surface area (Å²) in [6.45, 7) is 0. The van der Waals surface area contributed by atoms with Crippen LogP contribution < -0.4 is 4.72 Å². The first-order valence-corrected chi connectivity index (χ1v) is 5.95. The summed E-state index contributed by atoms with van der Waals surface area (Å²) in [6.07, 6.45) is -4.83. The van der Waals surface area contributed by atoms with E-state index >= 15 is 0 Å². The summed E-state index contributed by atoms with van der Waals surface area (Å²) in [4.78, 5) is 9.91. The van der Waals surface area contributed by atoms with E-state index in [1.807, 2.05) is 4.72 Å². The number of carbonyl (C=O) groups is 1. The number of carboxylic acid groups (broad SMARTS) is 1. The van der Waals surface area contributed by atoms with Crippen LogP contribution in [-0.2, 0) is 16.2 Å². The quantitative estimate of drug-likeness (QED) is 0.876. The van der Waals surface area contributed by atoms with Gasteiger partial charge >= 0.3 is 12.1 Å². The number of sulfonamides is 1. The Hall–Kier alpha value is -1.61. The van der Waals surface area contributed by atoms with Gasteiger partial charge in [0.05, 0.1) is 16.0 Å². The first kappa shape index (κ1) is 14.5. The zero-order valence-corrected chi connectivity index (χ0v) is 9.76. The molecule has 9 heteroatoms. The van der Waals surface area contributed by atoms with Gasteiger partial charge in [0.15, 0.2) is 0 Å². The number of hydrogen-bond acceptors (Lipinski definition) is 3. The van der Waals surface area contributed by atoms with Gasteiger partial charge in [0, 0.05) is 0 Å². The van der Waals surface area contributed by atoms with Crippen molar-refractivity contribution in [1.82, 2.24) is 4.72 Å². The Kier molecular flexibility index (Phi) is 3.67. The number of alkyl halides is 3. The van der Waals surface area contributed by atoms with Gasteiger partial charge in [0.2, 0.25) is 10.0 Å². The van der Waals surface area contributed by atoms with E-state index in [-0.39, 0.29) is 0 Å². The van der Waals surface area contributed by atoms with Gasteiger partial charge in [-0.05, 0) is 25.2 Å². The molecule has 0 aromatic heterocycles. The summed E-state index contributed by atoms with van der Waals surface area (Å²) in [7, 11) is -3.14. The number of aromatic carboxylic acids is 1. The molecule has 100 valence electrons. The van der Waals surface area contributed by atoms with Crippen molar-refractivity contribution >= 4 is 16.0 Å². The second-order valence-electron chi connectivity index (χ2n) is 3.26. The standard InChI is InChI=1S/C9H8F3NO4S/c1-13-18(16,17)7-3-5(8(14)15)2-6(4-7)9(10,11)12/h2-4,13H,1H3,(H,14,15). The molecule has 18 heavy (non-hydrogen) atoms. The van der Waals surface area contributed by atoms with Crippen LogP contribution in [0.25, 0.3) is 0 Å². The monoisotopic (exact) mass is 283 g/mol. The van der Waals surface area contributed by atoms with Crippen LogP contribution >= 0.6 is 0 Å². The van der Waals surface area contributed by atoms with Gasteiger partial charge < -0.3 is 5.11 Å². The molecular weight excluding hydrogens is 275 g/mol. The van der Waals surface area contributed by atoms with Crippen LogP contribution in [0.4, 0.5) is 13.2 Å². The SMILES string of the molecule is CNS(=O)(=O)c1cc(C(=O)O)cc(C(F)(F)F)c1. The summed E-state index contributed by atoms with van der Waals surface area (Å²) in [5.41, 5.74) is -2.09. The molecule has 0 radical (unpaired) electrons. The lowest BCUT2D eigenvalue weighted by atomic mass is 10.1. The Balaban J connectivity index is 3.56. The van der Waals surface area contributed by atoms with E-state index in [9.17, 15) is 26.4 Å². The van der Waals surface area contributed by atoms with Gasteiger partial charge in [-0.3, -0.25) is 0 Å². The largest absolute Gasteiger partial charge is 0.478 e. The fourth-order valence-electron chi connectivity index (χ4n) is 1.16. The highest BCUT2D eigenvalue weighted by Gasteiger charge is 2.33. The fraction of sp³-hybridized carbons (Fsp3) is 0.222. The first-order valence-electron chi connectivity index (χ1n) is 4.47. The van der Waals surface area contributed by atoms with Crippen molar-refractivity contribution in [3.05, 3.63) is 29.3 Å². The summed E-state index contributed by atoms with van der Waals surface area (Å²) >= 11 is 0. The molecule has 0 atom stereocenters. The minimum Gasteiger partial charge on any atom is -0.478 e. The van der Waals surface area contributed by atoms with Gasteiger partial charge in [0.1, 0.15) is 0 Å².